The van der Waals surface area contributed by atoms with Crippen LogP contribution in [-0.2, 0) is 9.59 Å². The fraction of sp³-hybridized carbons (Fsp3) is 0.667. The Morgan fingerprint density at radius 3 is 2.50 bits per heavy atom. The van der Waals surface area contributed by atoms with Crippen LogP contribution in [0.4, 0.5) is 0 Å². The highest BCUT2D eigenvalue weighted by Gasteiger charge is 2.43. The molecule has 2 atom stereocenters. The summed E-state index contributed by atoms with van der Waals surface area (Å²) < 4.78 is 10.9. The number of likely N-dealkylation sites (tertiary alicyclic amines) is 1. The first-order valence-corrected chi connectivity index (χ1v) is 11.2. The van der Waals surface area contributed by atoms with Gasteiger partial charge in [0, 0.05) is 43.1 Å². The summed E-state index contributed by atoms with van der Waals surface area (Å²) in [5.41, 5.74) is 0.962. The highest BCUT2D eigenvalue weighted by atomic mass is 16.5. The van der Waals surface area contributed by atoms with Crippen molar-refractivity contribution >= 4 is 11.8 Å². The lowest BCUT2D eigenvalue weighted by Crippen LogP contribution is -2.37. The van der Waals surface area contributed by atoms with Crippen molar-refractivity contribution in [1.29, 1.82) is 0 Å². The van der Waals surface area contributed by atoms with Gasteiger partial charge >= 0.3 is 0 Å². The van der Waals surface area contributed by atoms with Crippen LogP contribution in [-0.4, -0.2) is 50.6 Å². The van der Waals surface area contributed by atoms with Crippen molar-refractivity contribution < 1.29 is 19.1 Å². The Labute approximate surface area is 180 Å². The lowest BCUT2D eigenvalue weighted by atomic mass is 9.87. The third-order valence-corrected chi connectivity index (χ3v) is 6.53. The molecule has 0 radical (unpaired) electrons. The molecular formula is C24H36N2O4. The zero-order valence-electron chi connectivity index (χ0n) is 18.8. The zero-order chi connectivity index (χ0) is 21.7. The van der Waals surface area contributed by atoms with E-state index in [4.69, 9.17) is 9.47 Å². The Morgan fingerprint density at radius 1 is 1.13 bits per heavy atom. The van der Waals surface area contributed by atoms with Crippen LogP contribution >= 0.6 is 0 Å². The van der Waals surface area contributed by atoms with Gasteiger partial charge in [0.15, 0.2) is 0 Å². The molecule has 1 heterocycles. The van der Waals surface area contributed by atoms with Crippen LogP contribution in [0.25, 0.3) is 0 Å². The molecule has 0 bridgehead atoms. The summed E-state index contributed by atoms with van der Waals surface area (Å²) in [6, 6.07) is 5.72. The van der Waals surface area contributed by atoms with E-state index in [0.717, 1.165) is 37.7 Å². The van der Waals surface area contributed by atoms with E-state index >= 15 is 0 Å². The second-order valence-electron chi connectivity index (χ2n) is 9.02. The van der Waals surface area contributed by atoms with Gasteiger partial charge in [-0.15, -0.1) is 0 Å². The van der Waals surface area contributed by atoms with E-state index in [0.29, 0.717) is 37.1 Å². The minimum atomic E-state index is -0.273. The third kappa shape index (κ3) is 5.08. The van der Waals surface area contributed by atoms with E-state index in [1.165, 1.54) is 0 Å². The Kier molecular flexibility index (Phi) is 7.62. The summed E-state index contributed by atoms with van der Waals surface area (Å²) >= 11 is 0. The predicted molar refractivity (Wildman–Crippen MR) is 117 cm³/mol. The molecule has 2 aliphatic rings. The van der Waals surface area contributed by atoms with Crippen molar-refractivity contribution in [3.05, 3.63) is 23.8 Å². The normalized spacial score (nSPS) is 21.8. The van der Waals surface area contributed by atoms with E-state index in [2.05, 4.69) is 19.2 Å². The highest BCUT2D eigenvalue weighted by Crippen LogP contribution is 2.40. The van der Waals surface area contributed by atoms with Gasteiger partial charge in [0.05, 0.1) is 20.1 Å². The molecule has 166 valence electrons. The van der Waals surface area contributed by atoms with Crippen LogP contribution < -0.4 is 14.8 Å². The second kappa shape index (κ2) is 10.2. The van der Waals surface area contributed by atoms with Gasteiger partial charge in [0.25, 0.3) is 0 Å². The Balaban J connectivity index is 1.82. The Hall–Kier alpha value is -2.24. The minimum Gasteiger partial charge on any atom is -0.497 e. The SMILES string of the molecule is COc1ccc([C@@H]2CN(C(=O)C3CCCC3)C[C@H]2C(=O)NCCC(C)C)c(OC)c1. The molecule has 1 aromatic rings. The molecule has 1 saturated heterocycles. The molecule has 2 fully saturated rings. The lowest BCUT2D eigenvalue weighted by molar-refractivity contribution is -0.134. The van der Waals surface area contributed by atoms with Crippen molar-refractivity contribution in [2.75, 3.05) is 33.9 Å². The molecule has 30 heavy (non-hydrogen) atoms. The molecule has 1 aliphatic carbocycles. The number of carbonyl (C=O) groups excluding carboxylic acids is 2. The molecule has 1 aliphatic heterocycles. The quantitative estimate of drug-likeness (QED) is 0.703. The average Bonchev–Trinajstić information content (AvgIpc) is 3.42. The van der Waals surface area contributed by atoms with Crippen LogP contribution in [0.5, 0.6) is 11.5 Å². The topological polar surface area (TPSA) is 67.9 Å². The first-order chi connectivity index (χ1) is 14.4. The van der Waals surface area contributed by atoms with Gasteiger partial charge in [-0.3, -0.25) is 9.59 Å². The molecule has 6 nitrogen and oxygen atoms in total. The highest BCUT2D eigenvalue weighted by molar-refractivity contribution is 5.84. The van der Waals surface area contributed by atoms with Gasteiger partial charge in [0.2, 0.25) is 11.8 Å². The van der Waals surface area contributed by atoms with Crippen LogP contribution in [0.1, 0.15) is 57.4 Å². The van der Waals surface area contributed by atoms with E-state index in [9.17, 15) is 9.59 Å². The van der Waals surface area contributed by atoms with Crippen molar-refractivity contribution in [3.8, 4) is 11.5 Å². The van der Waals surface area contributed by atoms with Gasteiger partial charge < -0.3 is 19.7 Å². The first-order valence-electron chi connectivity index (χ1n) is 11.2. The maximum absolute atomic E-state index is 13.1. The predicted octanol–water partition coefficient (Wildman–Crippen LogP) is 3.60. The maximum atomic E-state index is 13.1. The number of benzene rings is 1. The summed E-state index contributed by atoms with van der Waals surface area (Å²) in [4.78, 5) is 28.1. The molecule has 1 saturated carbocycles. The monoisotopic (exact) mass is 416 g/mol. The summed E-state index contributed by atoms with van der Waals surface area (Å²) in [6.45, 7) is 5.99. The van der Waals surface area contributed by atoms with Crippen molar-refractivity contribution in [1.82, 2.24) is 10.2 Å². The number of amides is 2. The largest absolute Gasteiger partial charge is 0.497 e. The summed E-state index contributed by atoms with van der Waals surface area (Å²) in [5.74, 6) is 1.95. The molecule has 1 N–H and O–H groups in total. The van der Waals surface area contributed by atoms with Crippen LogP contribution in [0.3, 0.4) is 0 Å². The summed E-state index contributed by atoms with van der Waals surface area (Å²) in [5, 5.41) is 3.10. The maximum Gasteiger partial charge on any atom is 0.225 e. The van der Waals surface area contributed by atoms with Crippen LogP contribution in [0, 0.1) is 17.8 Å². The standard InChI is InChI=1S/C24H36N2O4/c1-16(2)11-12-25-23(27)21-15-26(24(28)17-7-5-6-8-17)14-20(21)19-10-9-18(29-3)13-22(19)30-4/h9-10,13,16-17,20-21H,5-8,11-12,14-15H2,1-4H3,(H,25,27)/t20-,21+/m0/s1. The first kappa shape index (κ1) is 22.4. The number of nitrogens with zero attached hydrogens (tertiary/aromatic N) is 1. The van der Waals surface area contributed by atoms with Crippen molar-refractivity contribution in [3.63, 3.8) is 0 Å². The van der Waals surface area contributed by atoms with Crippen LogP contribution in [0.15, 0.2) is 18.2 Å². The molecule has 6 heteroatoms. The molecule has 2 amide bonds. The molecule has 0 unspecified atom stereocenters. The Morgan fingerprint density at radius 2 is 1.87 bits per heavy atom. The third-order valence-electron chi connectivity index (χ3n) is 6.53. The van der Waals surface area contributed by atoms with Crippen molar-refractivity contribution in [2.24, 2.45) is 17.8 Å². The molecule has 3 rings (SSSR count). The van der Waals surface area contributed by atoms with Gasteiger partial charge in [-0.2, -0.15) is 0 Å². The minimum absolute atomic E-state index is 0.0280. The number of nitrogens with one attached hydrogen (secondary N) is 1. The van der Waals surface area contributed by atoms with E-state index in [1.807, 2.05) is 23.1 Å². The lowest BCUT2D eigenvalue weighted by Gasteiger charge is -2.21. The fourth-order valence-electron chi connectivity index (χ4n) is 4.74. The van der Waals surface area contributed by atoms with Gasteiger partial charge in [-0.1, -0.05) is 32.8 Å². The molecule has 0 aromatic heterocycles. The summed E-state index contributed by atoms with van der Waals surface area (Å²) in [7, 11) is 3.25. The molecular weight excluding hydrogens is 380 g/mol. The van der Waals surface area contributed by atoms with Gasteiger partial charge in [-0.25, -0.2) is 0 Å². The number of hydrogen-bond donors (Lipinski definition) is 1. The van der Waals surface area contributed by atoms with E-state index < -0.39 is 0 Å². The Bertz CT molecular complexity index is 743. The van der Waals surface area contributed by atoms with E-state index in [1.54, 1.807) is 14.2 Å². The van der Waals surface area contributed by atoms with Gasteiger partial charge in [0.1, 0.15) is 11.5 Å². The molecule has 1 aromatic carbocycles. The second-order valence-corrected chi connectivity index (χ2v) is 9.02. The van der Waals surface area contributed by atoms with E-state index in [-0.39, 0.29) is 29.6 Å². The van der Waals surface area contributed by atoms with Crippen molar-refractivity contribution in [2.45, 2.75) is 51.9 Å². The number of methoxy groups -OCH3 is 2. The van der Waals surface area contributed by atoms with Gasteiger partial charge in [-0.05, 0) is 31.2 Å². The number of rotatable bonds is 8. The average molecular weight is 417 g/mol. The number of carbonyl (C=O) groups is 2. The molecule has 0 spiro atoms. The smallest absolute Gasteiger partial charge is 0.225 e. The fourth-order valence-corrected chi connectivity index (χ4v) is 4.74. The zero-order valence-corrected chi connectivity index (χ0v) is 18.8. The number of hydrogen-bond acceptors (Lipinski definition) is 4. The number of ether oxygens (including phenoxy) is 2. The van der Waals surface area contributed by atoms with Crippen LogP contribution in [0.2, 0.25) is 0 Å². The summed E-state index contributed by atoms with van der Waals surface area (Å²) in [6.07, 6.45) is 5.13.